The van der Waals surface area contributed by atoms with Gasteiger partial charge in [0.15, 0.2) is 0 Å². The molecule has 0 radical (unpaired) electrons. The van der Waals surface area contributed by atoms with E-state index >= 15 is 0 Å². The van der Waals surface area contributed by atoms with Crippen molar-refractivity contribution in [1.29, 1.82) is 0 Å². The van der Waals surface area contributed by atoms with E-state index in [1.807, 2.05) is 38.2 Å². The fourth-order valence-corrected chi connectivity index (χ4v) is 6.39. The second-order valence-corrected chi connectivity index (χ2v) is 13.0. The number of carbonyl (C=O) groups excluding carboxylic acids is 1. The molecule has 1 amide bonds. The number of aromatic nitrogens is 4. The molecule has 11 nitrogen and oxygen atoms in total. The second kappa shape index (κ2) is 9.64. The molecule has 2 N–H and O–H groups in total. The maximum atomic E-state index is 11.9. The number of β-lactam (4-membered cyclic amide) rings is 1. The number of pyridine rings is 2. The Bertz CT molecular complexity index is 1500. The van der Waals surface area contributed by atoms with E-state index < -0.39 is 9.84 Å². The lowest BCUT2D eigenvalue weighted by atomic mass is 9.87. The number of rotatable bonds is 8. The van der Waals surface area contributed by atoms with Crippen molar-refractivity contribution in [3.8, 4) is 0 Å². The van der Waals surface area contributed by atoms with Crippen molar-refractivity contribution in [3.63, 3.8) is 0 Å². The molecule has 38 heavy (non-hydrogen) atoms. The smallest absolute Gasteiger partial charge is 0.226 e. The molecule has 0 aromatic carbocycles. The molecule has 2 aliphatic heterocycles. The molecule has 1 unspecified atom stereocenters. The number of nitrogens with zero attached hydrogens (tertiary/aromatic N) is 6. The van der Waals surface area contributed by atoms with Gasteiger partial charge >= 0.3 is 0 Å². The van der Waals surface area contributed by atoms with Crippen molar-refractivity contribution in [2.24, 2.45) is 5.92 Å². The lowest BCUT2D eigenvalue weighted by Gasteiger charge is -2.48. The van der Waals surface area contributed by atoms with Gasteiger partial charge < -0.3 is 20.4 Å². The van der Waals surface area contributed by atoms with Crippen molar-refractivity contribution >= 4 is 49.9 Å². The van der Waals surface area contributed by atoms with Crippen LogP contribution in [0, 0.1) is 5.92 Å². The van der Waals surface area contributed by atoms with Gasteiger partial charge in [0.05, 0.1) is 23.9 Å². The minimum Gasteiger partial charge on any atom is -0.353 e. The Hall–Kier alpha value is -3.54. The van der Waals surface area contributed by atoms with Crippen LogP contribution in [-0.4, -0.2) is 73.0 Å². The average Bonchev–Trinajstić information content (AvgIpc) is 2.82. The van der Waals surface area contributed by atoms with Crippen LogP contribution >= 0.6 is 0 Å². The highest BCUT2D eigenvalue weighted by Crippen LogP contribution is 2.42. The molecular formula is C26H34N8O3S. The number of anilines is 4. The van der Waals surface area contributed by atoms with Crippen LogP contribution in [0.3, 0.4) is 0 Å². The lowest BCUT2D eigenvalue weighted by molar-refractivity contribution is -0.128. The molecule has 202 valence electrons. The topological polar surface area (TPSA) is 133 Å². The van der Waals surface area contributed by atoms with Crippen LogP contribution in [0.15, 0.2) is 24.5 Å². The fourth-order valence-electron chi connectivity index (χ4n) is 5.23. The van der Waals surface area contributed by atoms with Crippen molar-refractivity contribution in [1.82, 2.24) is 25.3 Å². The van der Waals surface area contributed by atoms with Crippen LogP contribution in [0.25, 0.3) is 10.8 Å². The van der Waals surface area contributed by atoms with Gasteiger partial charge in [0.2, 0.25) is 11.9 Å². The highest BCUT2D eigenvalue weighted by molar-refractivity contribution is 7.90. The molecule has 2 fully saturated rings. The number of carbonyl (C=O) groups is 1. The zero-order chi connectivity index (χ0) is 27.4. The Morgan fingerprint density at radius 3 is 2.53 bits per heavy atom. The van der Waals surface area contributed by atoms with E-state index in [1.54, 1.807) is 12.3 Å². The summed E-state index contributed by atoms with van der Waals surface area (Å²) in [7, 11) is 0.689. The Morgan fingerprint density at radius 2 is 1.92 bits per heavy atom. The molecule has 0 spiro atoms. The van der Waals surface area contributed by atoms with Gasteiger partial charge in [-0.05, 0) is 35.9 Å². The highest BCUT2D eigenvalue weighted by Gasteiger charge is 2.40. The Balaban J connectivity index is 1.59. The Kier molecular flexibility index (Phi) is 6.62. The molecule has 3 aromatic heterocycles. The van der Waals surface area contributed by atoms with Crippen molar-refractivity contribution < 1.29 is 13.2 Å². The summed E-state index contributed by atoms with van der Waals surface area (Å²) in [5, 5.41) is 8.19. The third-order valence-corrected chi connectivity index (χ3v) is 8.30. The molecule has 0 bridgehead atoms. The SMILES string of the molecule is CC(C)c1c(C2CC(=O)N2)nc(N2C[C@H](CS(C)(=O)=O)[C@H]2C)c2cnc(Nc3ccnc(N(C)C)n3)cc12. The number of amides is 1. The van der Waals surface area contributed by atoms with E-state index in [2.05, 4.69) is 44.3 Å². The Morgan fingerprint density at radius 1 is 1.18 bits per heavy atom. The highest BCUT2D eigenvalue weighted by atomic mass is 32.2. The van der Waals surface area contributed by atoms with Gasteiger partial charge in [-0.1, -0.05) is 13.8 Å². The van der Waals surface area contributed by atoms with Gasteiger partial charge in [0, 0.05) is 56.6 Å². The normalized spacial score (nSPS) is 21.2. The first-order valence-electron chi connectivity index (χ1n) is 12.8. The summed E-state index contributed by atoms with van der Waals surface area (Å²) in [5.41, 5.74) is 1.92. The standard InChI is InChI=1S/C26H34N8O3S/c1-14(2)23-17-9-21(30-20-7-8-27-26(31-20)33(4)5)28-11-18(17)25(32-24(23)19-10-22(35)29-19)34-12-16(15(34)3)13-38(6,36)37/h7-9,11,14-16,19H,10,12-13H2,1-6H3,(H,29,35)(H,27,28,30,31)/t15-,16-,19?/m1/s1. The van der Waals surface area contributed by atoms with E-state index in [4.69, 9.17) is 4.98 Å². The molecule has 0 aliphatic carbocycles. The average molecular weight is 539 g/mol. The van der Waals surface area contributed by atoms with Crippen LogP contribution in [0.1, 0.15) is 50.4 Å². The van der Waals surface area contributed by atoms with Crippen LogP contribution in [0.5, 0.6) is 0 Å². The maximum absolute atomic E-state index is 11.9. The van der Waals surface area contributed by atoms with Crippen molar-refractivity contribution in [2.75, 3.05) is 47.8 Å². The summed E-state index contributed by atoms with van der Waals surface area (Å²) in [6.45, 7) is 6.88. The maximum Gasteiger partial charge on any atom is 0.226 e. The van der Waals surface area contributed by atoms with Crippen molar-refractivity contribution in [3.05, 3.63) is 35.8 Å². The van der Waals surface area contributed by atoms with Gasteiger partial charge in [0.1, 0.15) is 27.3 Å². The molecule has 3 atom stereocenters. The predicted octanol–water partition coefficient (Wildman–Crippen LogP) is 2.78. The number of sulfone groups is 1. The first kappa shape index (κ1) is 26.1. The van der Waals surface area contributed by atoms with Crippen LogP contribution < -0.4 is 20.4 Å². The van der Waals surface area contributed by atoms with E-state index in [-0.39, 0.29) is 35.6 Å². The van der Waals surface area contributed by atoms with Crippen LogP contribution in [0.4, 0.5) is 23.4 Å². The number of hydrogen-bond donors (Lipinski definition) is 2. The molecule has 0 saturated carbocycles. The third kappa shape index (κ3) is 4.96. The van der Waals surface area contributed by atoms with Gasteiger partial charge in [-0.3, -0.25) is 4.79 Å². The van der Waals surface area contributed by atoms with Crippen LogP contribution in [0.2, 0.25) is 0 Å². The fraction of sp³-hybridized carbons (Fsp3) is 0.500. The first-order valence-corrected chi connectivity index (χ1v) is 14.8. The zero-order valence-corrected chi connectivity index (χ0v) is 23.4. The summed E-state index contributed by atoms with van der Waals surface area (Å²) in [5.74, 6) is 2.97. The second-order valence-electron chi connectivity index (χ2n) is 10.8. The van der Waals surface area contributed by atoms with Gasteiger partial charge in [0.25, 0.3) is 0 Å². The van der Waals surface area contributed by atoms with E-state index in [9.17, 15) is 13.2 Å². The number of hydrogen-bond acceptors (Lipinski definition) is 10. The molecule has 2 aliphatic rings. The molecule has 3 aromatic rings. The first-order chi connectivity index (χ1) is 17.9. The van der Waals surface area contributed by atoms with E-state index in [0.717, 1.165) is 27.8 Å². The number of nitrogens with one attached hydrogen (secondary N) is 2. The summed E-state index contributed by atoms with van der Waals surface area (Å²) >= 11 is 0. The minimum absolute atomic E-state index is 0.0104. The zero-order valence-electron chi connectivity index (χ0n) is 22.6. The Labute approximate surface area is 223 Å². The van der Waals surface area contributed by atoms with Gasteiger partial charge in [-0.25, -0.2) is 23.4 Å². The number of fused-ring (bicyclic) bond motifs is 1. The molecule has 5 heterocycles. The summed E-state index contributed by atoms with van der Waals surface area (Å²) in [4.78, 5) is 34.4. The summed E-state index contributed by atoms with van der Waals surface area (Å²) in [6, 6.07) is 3.66. The van der Waals surface area contributed by atoms with Gasteiger partial charge in [-0.15, -0.1) is 0 Å². The molecule has 2 saturated heterocycles. The molecule has 5 rings (SSSR count). The lowest BCUT2D eigenvalue weighted by Crippen LogP contribution is -2.57. The van der Waals surface area contributed by atoms with Crippen LogP contribution in [-0.2, 0) is 14.6 Å². The van der Waals surface area contributed by atoms with E-state index in [1.165, 1.54) is 6.26 Å². The third-order valence-electron chi connectivity index (χ3n) is 7.26. The van der Waals surface area contributed by atoms with Crippen molar-refractivity contribution in [2.45, 2.75) is 45.2 Å². The largest absolute Gasteiger partial charge is 0.353 e. The summed E-state index contributed by atoms with van der Waals surface area (Å²) in [6.07, 6.45) is 5.19. The molecule has 12 heteroatoms. The monoisotopic (exact) mass is 538 g/mol. The van der Waals surface area contributed by atoms with Gasteiger partial charge in [-0.2, -0.15) is 4.98 Å². The minimum atomic E-state index is -3.08. The van der Waals surface area contributed by atoms with E-state index in [0.29, 0.717) is 30.5 Å². The predicted molar refractivity (Wildman–Crippen MR) is 149 cm³/mol. The summed E-state index contributed by atoms with van der Waals surface area (Å²) < 4.78 is 23.8. The quantitative estimate of drug-likeness (QED) is 0.412. The molecular weight excluding hydrogens is 504 g/mol.